The third-order valence-electron chi connectivity index (χ3n) is 8.33. The number of para-hydroxylation sites is 2. The van der Waals surface area contributed by atoms with Crippen LogP contribution in [0.1, 0.15) is 54.7 Å². The van der Waals surface area contributed by atoms with Gasteiger partial charge < -0.3 is 24.4 Å². The number of halogens is 1. The maximum absolute atomic E-state index is 16.3. The Bertz CT molecular complexity index is 1630. The summed E-state index contributed by atoms with van der Waals surface area (Å²) < 4.78 is 27.4. The zero-order valence-electron chi connectivity index (χ0n) is 25.7. The van der Waals surface area contributed by atoms with Crippen LogP contribution in [0, 0.1) is 17.1 Å². The van der Waals surface area contributed by atoms with Gasteiger partial charge >= 0.3 is 5.97 Å². The van der Waals surface area contributed by atoms with E-state index >= 15 is 4.39 Å². The van der Waals surface area contributed by atoms with Gasteiger partial charge in [-0.1, -0.05) is 36.4 Å². The molecule has 0 bridgehead atoms. The highest BCUT2D eigenvalue weighted by molar-refractivity contribution is 5.88. The predicted molar refractivity (Wildman–Crippen MR) is 175 cm³/mol. The Balaban J connectivity index is 1.77. The smallest absolute Gasteiger partial charge is 0.304 e. The van der Waals surface area contributed by atoms with E-state index in [-0.39, 0.29) is 18.6 Å². The Morgan fingerprint density at radius 1 is 0.978 bits per heavy atom. The molecule has 1 heterocycles. The molecule has 5 rings (SSSR count). The van der Waals surface area contributed by atoms with Gasteiger partial charge in [-0.2, -0.15) is 5.26 Å². The summed E-state index contributed by atoms with van der Waals surface area (Å²) in [5.41, 5.74) is 5.88. The fourth-order valence-electron chi connectivity index (χ4n) is 6.19. The zero-order chi connectivity index (χ0) is 31.8. The molecule has 1 fully saturated rings. The third-order valence-corrected chi connectivity index (χ3v) is 8.33. The highest BCUT2D eigenvalue weighted by Gasteiger charge is 2.29. The molecule has 1 unspecified atom stereocenters. The lowest BCUT2D eigenvalue weighted by atomic mass is 9.89. The quantitative estimate of drug-likeness (QED) is 0.173. The van der Waals surface area contributed by atoms with Crippen molar-refractivity contribution in [2.45, 2.75) is 38.0 Å². The number of carbonyl (C=O) groups is 1. The van der Waals surface area contributed by atoms with Crippen LogP contribution in [0.2, 0.25) is 0 Å². The van der Waals surface area contributed by atoms with E-state index in [1.165, 1.54) is 18.7 Å². The number of hydrogen-bond acceptors (Lipinski definition) is 6. The molecule has 1 atom stereocenters. The van der Waals surface area contributed by atoms with Crippen molar-refractivity contribution in [3.05, 3.63) is 114 Å². The molecule has 0 aliphatic carbocycles. The number of nitriles is 1. The second-order valence-corrected chi connectivity index (χ2v) is 11.1. The summed E-state index contributed by atoms with van der Waals surface area (Å²) >= 11 is 0. The van der Waals surface area contributed by atoms with Crippen molar-refractivity contribution in [3.63, 3.8) is 0 Å². The molecule has 0 saturated carbocycles. The van der Waals surface area contributed by atoms with E-state index in [9.17, 15) is 15.2 Å². The van der Waals surface area contributed by atoms with Crippen LogP contribution in [0.4, 0.5) is 32.8 Å². The lowest BCUT2D eigenvalue weighted by Gasteiger charge is -2.35. The second-order valence-electron chi connectivity index (χ2n) is 11.1. The largest absolute Gasteiger partial charge is 0.481 e. The maximum Gasteiger partial charge on any atom is 0.304 e. The van der Waals surface area contributed by atoms with Crippen molar-refractivity contribution < 1.29 is 23.8 Å². The Kier molecular flexibility index (Phi) is 10.5. The van der Waals surface area contributed by atoms with E-state index in [4.69, 9.17) is 9.47 Å². The molecule has 0 spiro atoms. The maximum atomic E-state index is 16.3. The minimum atomic E-state index is -1.03. The average molecular weight is 608 g/mol. The lowest BCUT2D eigenvalue weighted by Crippen LogP contribution is -2.24. The Morgan fingerprint density at radius 3 is 2.29 bits per heavy atom. The predicted octanol–water partition coefficient (Wildman–Crippen LogP) is 8.42. The van der Waals surface area contributed by atoms with Gasteiger partial charge in [0.1, 0.15) is 5.82 Å². The number of aliphatic carboxylic acids is 1. The van der Waals surface area contributed by atoms with Crippen molar-refractivity contribution in [3.8, 4) is 6.07 Å². The molecule has 1 N–H and O–H groups in total. The Hall–Kier alpha value is -4.71. The van der Waals surface area contributed by atoms with Gasteiger partial charge in [0.25, 0.3) is 0 Å². The lowest BCUT2D eigenvalue weighted by molar-refractivity contribution is -0.137. The second kappa shape index (κ2) is 14.8. The SMILES string of the molecule is CCN(c1ccccc1C1CCOCC1)c1cc(F)c(C(COC)CC(=O)O)cc1N(c1ccccc1)c1ccc(C#N)cc1. The van der Waals surface area contributed by atoms with Gasteiger partial charge in [-0.3, -0.25) is 4.79 Å². The molecule has 1 aliphatic rings. The van der Waals surface area contributed by atoms with E-state index < -0.39 is 17.7 Å². The molecule has 45 heavy (non-hydrogen) atoms. The van der Waals surface area contributed by atoms with E-state index in [2.05, 4.69) is 23.1 Å². The molecule has 0 radical (unpaired) electrons. The molecular weight excluding hydrogens is 569 g/mol. The summed E-state index contributed by atoms with van der Waals surface area (Å²) in [6.45, 7) is 4.05. The molecule has 1 saturated heterocycles. The summed E-state index contributed by atoms with van der Waals surface area (Å²) in [6, 6.07) is 30.7. The summed E-state index contributed by atoms with van der Waals surface area (Å²) in [6.07, 6.45) is 1.53. The van der Waals surface area contributed by atoms with Crippen LogP contribution in [0.25, 0.3) is 0 Å². The van der Waals surface area contributed by atoms with Crippen LogP contribution in [0.15, 0.2) is 91.0 Å². The standard InChI is InChI=1S/C37H38FN3O4/c1-3-40(34-12-8-7-11-31(34)27-17-19-45-20-18-27)35-23-33(38)32(28(25-44-2)21-37(42)43)22-36(35)41(29-9-5-4-6-10-29)30-15-13-26(24-39)14-16-30/h4-16,22-23,27-28H,3,17-21,25H2,1-2H3,(H,42,43). The first-order valence-electron chi connectivity index (χ1n) is 15.3. The van der Waals surface area contributed by atoms with Crippen molar-refractivity contribution in [1.29, 1.82) is 5.26 Å². The summed E-state index contributed by atoms with van der Waals surface area (Å²) in [4.78, 5) is 16.0. The van der Waals surface area contributed by atoms with Crippen LogP contribution in [-0.2, 0) is 14.3 Å². The van der Waals surface area contributed by atoms with Crippen molar-refractivity contribution in [2.75, 3.05) is 43.3 Å². The van der Waals surface area contributed by atoms with Gasteiger partial charge in [0.15, 0.2) is 0 Å². The third kappa shape index (κ3) is 7.17. The highest BCUT2D eigenvalue weighted by Crippen LogP contribution is 2.46. The van der Waals surface area contributed by atoms with Crippen molar-refractivity contribution in [2.24, 2.45) is 0 Å². The number of methoxy groups -OCH3 is 1. The first kappa shape index (κ1) is 31.7. The van der Waals surface area contributed by atoms with Gasteiger partial charge in [-0.05, 0) is 91.4 Å². The van der Waals surface area contributed by atoms with Gasteiger partial charge in [0.05, 0.1) is 36.0 Å². The summed E-state index contributed by atoms with van der Waals surface area (Å²) in [5.74, 6) is -1.92. The molecule has 0 aromatic heterocycles. The molecule has 4 aromatic rings. The number of nitrogens with zero attached hydrogens (tertiary/aromatic N) is 3. The van der Waals surface area contributed by atoms with Crippen molar-refractivity contribution >= 4 is 34.4 Å². The first-order chi connectivity index (χ1) is 21.9. The van der Waals surface area contributed by atoms with Gasteiger partial charge in [-0.25, -0.2) is 4.39 Å². The van der Waals surface area contributed by atoms with E-state index in [0.29, 0.717) is 42.6 Å². The minimum absolute atomic E-state index is 0.0499. The van der Waals surface area contributed by atoms with E-state index in [1.54, 1.807) is 18.2 Å². The number of anilines is 5. The Labute approximate surface area is 264 Å². The van der Waals surface area contributed by atoms with Crippen LogP contribution < -0.4 is 9.80 Å². The molecule has 1 aliphatic heterocycles. The summed E-state index contributed by atoms with van der Waals surface area (Å²) in [5, 5.41) is 19.2. The van der Waals surface area contributed by atoms with E-state index in [0.717, 1.165) is 29.9 Å². The summed E-state index contributed by atoms with van der Waals surface area (Å²) in [7, 11) is 1.49. The molecule has 7 nitrogen and oxygen atoms in total. The highest BCUT2D eigenvalue weighted by atomic mass is 19.1. The van der Waals surface area contributed by atoms with Gasteiger partial charge in [-0.15, -0.1) is 0 Å². The van der Waals surface area contributed by atoms with Gasteiger partial charge in [0.2, 0.25) is 0 Å². The normalized spacial score (nSPS) is 14.0. The van der Waals surface area contributed by atoms with Gasteiger partial charge in [0, 0.05) is 49.8 Å². The number of ether oxygens (including phenoxy) is 2. The average Bonchev–Trinajstić information content (AvgIpc) is 3.07. The fraction of sp³-hybridized carbons (Fsp3) is 0.297. The first-order valence-corrected chi connectivity index (χ1v) is 15.3. The monoisotopic (exact) mass is 607 g/mol. The topological polar surface area (TPSA) is 86.0 Å². The molecule has 232 valence electrons. The number of carboxylic acid groups (broad SMARTS) is 1. The molecule has 8 heteroatoms. The zero-order valence-corrected chi connectivity index (χ0v) is 25.7. The molecular formula is C37H38FN3O4. The van der Waals surface area contributed by atoms with E-state index in [1.807, 2.05) is 66.4 Å². The van der Waals surface area contributed by atoms with Crippen LogP contribution in [-0.4, -0.2) is 44.6 Å². The van der Waals surface area contributed by atoms with Crippen LogP contribution in [0.5, 0.6) is 0 Å². The number of rotatable bonds is 12. The molecule has 4 aromatic carbocycles. The molecule has 0 amide bonds. The number of hydrogen-bond donors (Lipinski definition) is 1. The van der Waals surface area contributed by atoms with Crippen LogP contribution >= 0.6 is 0 Å². The number of carboxylic acids is 1. The Morgan fingerprint density at radius 2 is 1.64 bits per heavy atom. The van der Waals surface area contributed by atoms with Crippen molar-refractivity contribution in [1.82, 2.24) is 0 Å². The minimum Gasteiger partial charge on any atom is -0.481 e. The fourth-order valence-corrected chi connectivity index (χ4v) is 6.19. The van der Waals surface area contributed by atoms with Crippen LogP contribution in [0.3, 0.4) is 0 Å². The number of benzene rings is 4.